The van der Waals surface area contributed by atoms with Gasteiger partial charge in [-0.3, -0.25) is 4.57 Å². The normalized spacial score (nSPS) is 18.1. The first kappa shape index (κ1) is 12.2. The highest BCUT2D eigenvalue weighted by atomic mass is 35.5. The maximum atomic E-state index is 11.4. The average molecular weight is 278 g/mol. The maximum Gasteiger partial charge on any atom is 0.326 e. The van der Waals surface area contributed by atoms with Gasteiger partial charge in [-0.1, -0.05) is 23.7 Å². The van der Waals surface area contributed by atoms with E-state index < -0.39 is 12.0 Å². The lowest BCUT2D eigenvalue weighted by Crippen LogP contribution is -2.25. The summed E-state index contributed by atoms with van der Waals surface area (Å²) in [5.74, 6) is 0.460. The molecule has 1 N–H and O–H groups in total. The SMILES string of the molecule is O=C(O)C1CCCc2nnc(-c3cccc(Cl)c3)n21. The summed E-state index contributed by atoms with van der Waals surface area (Å²) < 4.78 is 1.72. The first-order valence-corrected chi connectivity index (χ1v) is 6.47. The zero-order valence-corrected chi connectivity index (χ0v) is 10.8. The van der Waals surface area contributed by atoms with E-state index in [1.54, 1.807) is 16.7 Å². The third kappa shape index (κ3) is 2.10. The number of hydrogen-bond donors (Lipinski definition) is 1. The number of aliphatic carboxylic acids is 1. The minimum atomic E-state index is -0.843. The predicted octanol–water partition coefficient (Wildman–Crippen LogP) is 2.56. The van der Waals surface area contributed by atoms with Crippen LogP contribution < -0.4 is 0 Å². The van der Waals surface area contributed by atoms with Gasteiger partial charge in [0.1, 0.15) is 11.9 Å². The van der Waals surface area contributed by atoms with E-state index in [4.69, 9.17) is 11.6 Å². The molecule has 98 valence electrons. The van der Waals surface area contributed by atoms with Crippen LogP contribution in [0.15, 0.2) is 24.3 Å². The summed E-state index contributed by atoms with van der Waals surface area (Å²) in [6, 6.07) is 6.63. The first-order valence-electron chi connectivity index (χ1n) is 6.09. The minimum Gasteiger partial charge on any atom is -0.480 e. The molecule has 1 aromatic carbocycles. The monoisotopic (exact) mass is 277 g/mol. The van der Waals surface area contributed by atoms with Crippen molar-refractivity contribution < 1.29 is 9.90 Å². The lowest BCUT2D eigenvalue weighted by Gasteiger charge is -2.22. The van der Waals surface area contributed by atoms with E-state index in [1.165, 1.54) is 0 Å². The van der Waals surface area contributed by atoms with Gasteiger partial charge in [-0.05, 0) is 25.0 Å². The first-order chi connectivity index (χ1) is 9.16. The van der Waals surface area contributed by atoms with Gasteiger partial charge < -0.3 is 5.11 Å². The lowest BCUT2D eigenvalue weighted by atomic mass is 10.0. The van der Waals surface area contributed by atoms with Crippen molar-refractivity contribution in [3.8, 4) is 11.4 Å². The summed E-state index contributed by atoms with van der Waals surface area (Å²) in [5, 5.41) is 18.2. The van der Waals surface area contributed by atoms with E-state index in [0.717, 1.165) is 24.2 Å². The molecule has 0 aliphatic carbocycles. The summed E-state index contributed by atoms with van der Waals surface area (Å²) in [6.45, 7) is 0. The van der Waals surface area contributed by atoms with Gasteiger partial charge in [-0.25, -0.2) is 4.79 Å². The van der Waals surface area contributed by atoms with E-state index in [9.17, 15) is 9.90 Å². The number of carboxylic acid groups (broad SMARTS) is 1. The number of rotatable bonds is 2. The quantitative estimate of drug-likeness (QED) is 0.916. The van der Waals surface area contributed by atoms with Crippen LogP contribution in [0, 0.1) is 0 Å². The molecular weight excluding hydrogens is 266 g/mol. The molecule has 2 heterocycles. The Kier molecular flexibility index (Phi) is 2.98. The summed E-state index contributed by atoms with van der Waals surface area (Å²) in [6.07, 6.45) is 2.19. The Morgan fingerprint density at radius 3 is 3.00 bits per heavy atom. The summed E-state index contributed by atoms with van der Waals surface area (Å²) in [7, 11) is 0. The Hall–Kier alpha value is -1.88. The minimum absolute atomic E-state index is 0.574. The number of benzene rings is 1. The maximum absolute atomic E-state index is 11.4. The van der Waals surface area contributed by atoms with Crippen LogP contribution in [0.4, 0.5) is 0 Å². The molecule has 0 fully saturated rings. The van der Waals surface area contributed by atoms with Crippen LogP contribution in [0.25, 0.3) is 11.4 Å². The lowest BCUT2D eigenvalue weighted by molar-refractivity contribution is -0.141. The van der Waals surface area contributed by atoms with Crippen LogP contribution >= 0.6 is 11.6 Å². The summed E-state index contributed by atoms with van der Waals surface area (Å²) >= 11 is 5.97. The number of nitrogens with zero attached hydrogens (tertiary/aromatic N) is 3. The Labute approximate surface area is 114 Å². The molecule has 0 amide bonds. The van der Waals surface area contributed by atoms with Crippen molar-refractivity contribution in [1.29, 1.82) is 0 Å². The second-order valence-electron chi connectivity index (χ2n) is 4.57. The highest BCUT2D eigenvalue weighted by molar-refractivity contribution is 6.30. The zero-order valence-electron chi connectivity index (χ0n) is 10.1. The van der Waals surface area contributed by atoms with Gasteiger partial charge >= 0.3 is 5.97 Å². The van der Waals surface area contributed by atoms with Gasteiger partial charge in [-0.2, -0.15) is 0 Å². The predicted molar refractivity (Wildman–Crippen MR) is 70.1 cm³/mol. The second kappa shape index (κ2) is 4.66. The summed E-state index contributed by atoms with van der Waals surface area (Å²) in [5.41, 5.74) is 0.791. The molecule has 3 rings (SSSR count). The van der Waals surface area contributed by atoms with Crippen LogP contribution in [0.5, 0.6) is 0 Å². The third-order valence-corrected chi connectivity index (χ3v) is 3.56. The largest absolute Gasteiger partial charge is 0.480 e. The number of hydrogen-bond acceptors (Lipinski definition) is 3. The Morgan fingerprint density at radius 1 is 1.42 bits per heavy atom. The molecular formula is C13H12ClN3O2. The fourth-order valence-corrected chi connectivity index (χ4v) is 2.65. The summed E-state index contributed by atoms with van der Waals surface area (Å²) in [4.78, 5) is 11.4. The van der Waals surface area contributed by atoms with Crippen molar-refractivity contribution in [2.45, 2.75) is 25.3 Å². The van der Waals surface area contributed by atoms with E-state index in [0.29, 0.717) is 17.3 Å². The van der Waals surface area contributed by atoms with Gasteiger partial charge in [0.25, 0.3) is 0 Å². The van der Waals surface area contributed by atoms with Crippen molar-refractivity contribution in [3.63, 3.8) is 0 Å². The number of fused-ring (bicyclic) bond motifs is 1. The molecule has 6 heteroatoms. The zero-order chi connectivity index (χ0) is 13.4. The molecule has 1 aliphatic heterocycles. The molecule has 0 bridgehead atoms. The molecule has 19 heavy (non-hydrogen) atoms. The third-order valence-electron chi connectivity index (χ3n) is 3.32. The average Bonchev–Trinajstić information content (AvgIpc) is 2.82. The van der Waals surface area contributed by atoms with Crippen molar-refractivity contribution in [3.05, 3.63) is 35.1 Å². The Bertz CT molecular complexity index is 639. The van der Waals surface area contributed by atoms with Crippen molar-refractivity contribution in [2.24, 2.45) is 0 Å². The number of carboxylic acids is 1. The molecule has 0 saturated carbocycles. The number of aryl methyl sites for hydroxylation is 1. The standard InChI is InChI=1S/C13H12ClN3O2/c14-9-4-1-3-8(7-9)12-16-15-11-6-2-5-10(13(18)19)17(11)12/h1,3-4,7,10H,2,5-6H2,(H,18,19). The van der Waals surface area contributed by atoms with Crippen molar-refractivity contribution in [1.82, 2.24) is 14.8 Å². The van der Waals surface area contributed by atoms with Crippen molar-refractivity contribution in [2.75, 3.05) is 0 Å². The molecule has 2 aromatic rings. The Balaban J connectivity index is 2.14. The number of carbonyl (C=O) groups is 1. The highest BCUT2D eigenvalue weighted by Crippen LogP contribution is 2.30. The van der Waals surface area contributed by atoms with Gasteiger partial charge in [0.2, 0.25) is 0 Å². The van der Waals surface area contributed by atoms with E-state index in [2.05, 4.69) is 10.2 Å². The van der Waals surface area contributed by atoms with E-state index in [-0.39, 0.29) is 0 Å². The smallest absolute Gasteiger partial charge is 0.326 e. The molecule has 1 aromatic heterocycles. The van der Waals surface area contributed by atoms with Crippen LogP contribution in [0.3, 0.4) is 0 Å². The fraction of sp³-hybridized carbons (Fsp3) is 0.308. The van der Waals surface area contributed by atoms with Crippen LogP contribution in [-0.2, 0) is 11.2 Å². The Morgan fingerprint density at radius 2 is 2.26 bits per heavy atom. The van der Waals surface area contributed by atoms with Crippen molar-refractivity contribution >= 4 is 17.6 Å². The van der Waals surface area contributed by atoms with Crippen LogP contribution in [0.1, 0.15) is 24.7 Å². The van der Waals surface area contributed by atoms with Crippen LogP contribution in [0.2, 0.25) is 5.02 Å². The highest BCUT2D eigenvalue weighted by Gasteiger charge is 2.30. The molecule has 1 unspecified atom stereocenters. The topological polar surface area (TPSA) is 68.0 Å². The molecule has 0 spiro atoms. The van der Waals surface area contributed by atoms with Gasteiger partial charge in [0.15, 0.2) is 5.82 Å². The number of aromatic nitrogens is 3. The molecule has 1 aliphatic rings. The molecule has 0 radical (unpaired) electrons. The second-order valence-corrected chi connectivity index (χ2v) is 5.00. The molecule has 1 atom stereocenters. The van der Waals surface area contributed by atoms with E-state index >= 15 is 0 Å². The van der Waals surface area contributed by atoms with Gasteiger partial charge in [0.05, 0.1) is 0 Å². The van der Waals surface area contributed by atoms with Gasteiger partial charge in [-0.15, -0.1) is 10.2 Å². The fourth-order valence-electron chi connectivity index (χ4n) is 2.46. The van der Waals surface area contributed by atoms with E-state index in [1.807, 2.05) is 12.1 Å². The molecule has 5 nitrogen and oxygen atoms in total. The molecule has 0 saturated heterocycles. The van der Waals surface area contributed by atoms with Gasteiger partial charge in [0, 0.05) is 17.0 Å². The number of halogens is 1. The van der Waals surface area contributed by atoms with Crippen LogP contribution in [-0.4, -0.2) is 25.8 Å².